The lowest BCUT2D eigenvalue weighted by Gasteiger charge is -2.10. The quantitative estimate of drug-likeness (QED) is 0.888. The van der Waals surface area contributed by atoms with Gasteiger partial charge >= 0.3 is 0 Å². The molecular formula is C13H14ClN3O2S. The second-order valence-electron chi connectivity index (χ2n) is 4.13. The van der Waals surface area contributed by atoms with Crippen LogP contribution in [0.25, 0.3) is 0 Å². The van der Waals surface area contributed by atoms with E-state index in [1.807, 2.05) is 0 Å². The molecule has 5 nitrogen and oxygen atoms in total. The van der Waals surface area contributed by atoms with Crippen molar-refractivity contribution in [2.45, 2.75) is 11.4 Å². The van der Waals surface area contributed by atoms with Crippen molar-refractivity contribution in [1.82, 2.24) is 10.3 Å². The fraction of sp³-hybridized carbons (Fsp3) is 0.154. The minimum absolute atomic E-state index is 0.163. The molecule has 0 saturated heterocycles. The molecular weight excluding hydrogens is 298 g/mol. The highest BCUT2D eigenvalue weighted by atomic mass is 35.5. The number of hydrogen-bond acceptors (Lipinski definition) is 4. The summed E-state index contributed by atoms with van der Waals surface area (Å²) in [5, 5.41) is 3.47. The number of benzene rings is 1. The van der Waals surface area contributed by atoms with Crippen molar-refractivity contribution in [3.8, 4) is 0 Å². The van der Waals surface area contributed by atoms with Crippen molar-refractivity contribution in [3.63, 3.8) is 0 Å². The first kappa shape index (κ1) is 14.8. The van der Waals surface area contributed by atoms with Crippen LogP contribution in [0.1, 0.15) is 5.56 Å². The average molecular weight is 312 g/mol. The molecule has 0 aliphatic rings. The Morgan fingerprint density at radius 2 is 2.10 bits per heavy atom. The van der Waals surface area contributed by atoms with E-state index >= 15 is 0 Å². The largest absolute Gasteiger partial charge is 0.316 e. The maximum absolute atomic E-state index is 12.3. The van der Waals surface area contributed by atoms with E-state index in [-0.39, 0.29) is 4.90 Å². The van der Waals surface area contributed by atoms with Gasteiger partial charge < -0.3 is 5.32 Å². The Kier molecular flexibility index (Phi) is 4.59. The van der Waals surface area contributed by atoms with Crippen LogP contribution in [0.3, 0.4) is 0 Å². The summed E-state index contributed by atoms with van der Waals surface area (Å²) in [5.41, 5.74) is 1.14. The average Bonchev–Trinajstić information content (AvgIpc) is 2.42. The molecule has 0 fully saturated rings. The summed E-state index contributed by atoms with van der Waals surface area (Å²) in [7, 11) is -1.88. The Balaban J connectivity index is 2.32. The normalized spacial score (nSPS) is 11.3. The van der Waals surface area contributed by atoms with E-state index in [1.54, 1.807) is 37.5 Å². The zero-order chi connectivity index (χ0) is 14.6. The highest BCUT2D eigenvalue weighted by molar-refractivity contribution is 7.92. The van der Waals surface area contributed by atoms with Crippen LogP contribution in [0.2, 0.25) is 5.02 Å². The number of hydrogen-bond donors (Lipinski definition) is 2. The van der Waals surface area contributed by atoms with Crippen LogP contribution in [0.4, 0.5) is 5.69 Å². The molecule has 0 bridgehead atoms. The lowest BCUT2D eigenvalue weighted by atomic mass is 10.2. The van der Waals surface area contributed by atoms with Gasteiger partial charge in [0, 0.05) is 17.8 Å². The predicted octanol–water partition coefficient (Wildman–Crippen LogP) is 2.26. The SMILES string of the molecule is CNCc1cc(S(=O)(=O)Nc2cccnc2)ccc1Cl. The Bertz CT molecular complexity index is 690. The van der Waals surface area contributed by atoms with Crippen molar-refractivity contribution in [2.75, 3.05) is 11.8 Å². The third kappa shape index (κ3) is 3.47. The van der Waals surface area contributed by atoms with Gasteiger partial charge in [0.2, 0.25) is 0 Å². The van der Waals surface area contributed by atoms with Gasteiger partial charge in [-0.05, 0) is 42.9 Å². The molecule has 1 aromatic carbocycles. The van der Waals surface area contributed by atoms with Gasteiger partial charge in [-0.25, -0.2) is 8.42 Å². The Morgan fingerprint density at radius 1 is 1.30 bits per heavy atom. The maximum Gasteiger partial charge on any atom is 0.261 e. The van der Waals surface area contributed by atoms with Crippen molar-refractivity contribution >= 4 is 27.3 Å². The molecule has 0 radical (unpaired) electrons. The van der Waals surface area contributed by atoms with E-state index in [9.17, 15) is 8.42 Å². The number of halogens is 1. The van der Waals surface area contributed by atoms with Gasteiger partial charge in [0.15, 0.2) is 0 Å². The molecule has 0 unspecified atom stereocenters. The van der Waals surface area contributed by atoms with Crippen molar-refractivity contribution in [3.05, 3.63) is 53.3 Å². The molecule has 1 heterocycles. The van der Waals surface area contributed by atoms with Crippen LogP contribution in [0, 0.1) is 0 Å². The number of nitrogens with zero attached hydrogens (tertiary/aromatic N) is 1. The van der Waals surface area contributed by atoms with Crippen LogP contribution < -0.4 is 10.0 Å². The molecule has 2 N–H and O–H groups in total. The molecule has 20 heavy (non-hydrogen) atoms. The molecule has 0 saturated carbocycles. The van der Waals surface area contributed by atoms with Crippen LogP contribution in [0.5, 0.6) is 0 Å². The van der Waals surface area contributed by atoms with Crippen molar-refractivity contribution in [1.29, 1.82) is 0 Å². The lowest BCUT2D eigenvalue weighted by Crippen LogP contribution is -2.14. The molecule has 1 aromatic heterocycles. The first-order valence-corrected chi connectivity index (χ1v) is 7.75. The van der Waals surface area contributed by atoms with E-state index in [0.717, 1.165) is 5.56 Å². The minimum atomic E-state index is -3.65. The molecule has 0 spiro atoms. The number of aromatic nitrogens is 1. The van der Waals surface area contributed by atoms with E-state index < -0.39 is 10.0 Å². The number of anilines is 1. The molecule has 0 aliphatic heterocycles. The van der Waals surface area contributed by atoms with E-state index in [1.165, 1.54) is 12.3 Å². The zero-order valence-corrected chi connectivity index (χ0v) is 12.4. The molecule has 2 aromatic rings. The number of nitrogens with one attached hydrogen (secondary N) is 2. The molecule has 2 rings (SSSR count). The fourth-order valence-electron chi connectivity index (χ4n) is 1.68. The molecule has 0 aliphatic carbocycles. The van der Waals surface area contributed by atoms with Gasteiger partial charge in [-0.2, -0.15) is 0 Å². The van der Waals surface area contributed by atoms with Crippen LogP contribution >= 0.6 is 11.6 Å². The molecule has 0 amide bonds. The van der Waals surface area contributed by atoms with Gasteiger partial charge in [-0.1, -0.05) is 11.6 Å². The summed E-state index contributed by atoms with van der Waals surface area (Å²) >= 11 is 6.02. The van der Waals surface area contributed by atoms with Gasteiger partial charge in [-0.15, -0.1) is 0 Å². The summed E-state index contributed by atoms with van der Waals surface area (Å²) in [5.74, 6) is 0. The maximum atomic E-state index is 12.3. The molecule has 0 atom stereocenters. The van der Waals surface area contributed by atoms with E-state index in [4.69, 9.17) is 11.6 Å². The highest BCUT2D eigenvalue weighted by Crippen LogP contribution is 2.22. The van der Waals surface area contributed by atoms with Crippen LogP contribution in [-0.4, -0.2) is 20.4 Å². The first-order valence-electron chi connectivity index (χ1n) is 5.89. The molecule has 106 valence electrons. The lowest BCUT2D eigenvalue weighted by molar-refractivity contribution is 0.601. The Morgan fingerprint density at radius 3 is 2.75 bits per heavy atom. The van der Waals surface area contributed by atoms with E-state index in [0.29, 0.717) is 17.3 Å². The first-order chi connectivity index (χ1) is 9.53. The summed E-state index contributed by atoms with van der Waals surface area (Å²) in [6, 6.07) is 7.89. The van der Waals surface area contributed by atoms with Crippen LogP contribution in [0.15, 0.2) is 47.6 Å². The van der Waals surface area contributed by atoms with Gasteiger partial charge in [0.05, 0.1) is 16.8 Å². The summed E-state index contributed by atoms with van der Waals surface area (Å²) in [6.07, 6.45) is 3.02. The van der Waals surface area contributed by atoms with Crippen molar-refractivity contribution in [2.24, 2.45) is 0 Å². The number of sulfonamides is 1. The van der Waals surface area contributed by atoms with Gasteiger partial charge in [0.1, 0.15) is 0 Å². The predicted molar refractivity (Wildman–Crippen MR) is 79.3 cm³/mol. The highest BCUT2D eigenvalue weighted by Gasteiger charge is 2.15. The second kappa shape index (κ2) is 6.21. The third-order valence-electron chi connectivity index (χ3n) is 2.61. The standard InChI is InChI=1S/C13H14ClN3O2S/c1-15-8-10-7-12(4-5-13(10)14)20(18,19)17-11-3-2-6-16-9-11/h2-7,9,15,17H,8H2,1H3. The summed E-state index contributed by atoms with van der Waals surface area (Å²) in [6.45, 7) is 0.495. The Hall–Kier alpha value is -1.63. The van der Waals surface area contributed by atoms with E-state index in [2.05, 4.69) is 15.0 Å². The zero-order valence-electron chi connectivity index (χ0n) is 10.8. The number of rotatable bonds is 5. The second-order valence-corrected chi connectivity index (χ2v) is 6.22. The van der Waals surface area contributed by atoms with Gasteiger partial charge in [0.25, 0.3) is 10.0 Å². The topological polar surface area (TPSA) is 71.1 Å². The monoisotopic (exact) mass is 311 g/mol. The third-order valence-corrected chi connectivity index (χ3v) is 4.36. The van der Waals surface area contributed by atoms with Crippen molar-refractivity contribution < 1.29 is 8.42 Å². The fourth-order valence-corrected chi connectivity index (χ4v) is 2.96. The molecule has 7 heteroatoms. The minimum Gasteiger partial charge on any atom is -0.316 e. The number of pyridine rings is 1. The Labute approximate surface area is 123 Å². The smallest absolute Gasteiger partial charge is 0.261 e. The van der Waals surface area contributed by atoms with Gasteiger partial charge in [-0.3, -0.25) is 9.71 Å². The van der Waals surface area contributed by atoms with Crippen LogP contribution in [-0.2, 0) is 16.6 Å². The summed E-state index contributed by atoms with van der Waals surface area (Å²) in [4.78, 5) is 4.03. The summed E-state index contributed by atoms with van der Waals surface area (Å²) < 4.78 is 27.0.